The third-order valence-electron chi connectivity index (χ3n) is 4.68. The van der Waals surface area contributed by atoms with Crippen molar-refractivity contribution in [2.45, 2.75) is 12.8 Å². The minimum atomic E-state index is -0.266. The molecule has 3 aromatic rings. The van der Waals surface area contributed by atoms with E-state index in [-0.39, 0.29) is 17.5 Å². The molecule has 0 aliphatic rings. The fourth-order valence-electron chi connectivity index (χ4n) is 3.13. The molecule has 0 aliphatic carbocycles. The lowest BCUT2D eigenvalue weighted by atomic mass is 10.1. The highest BCUT2D eigenvalue weighted by Gasteiger charge is 2.12. The lowest BCUT2D eigenvalue weighted by Crippen LogP contribution is -2.29. The number of nitrogens with one attached hydrogen (secondary N) is 3. The molecule has 2 aromatic heterocycles. The molecule has 1 aromatic carbocycles. The summed E-state index contributed by atoms with van der Waals surface area (Å²) in [6.07, 6.45) is 5.04. The Bertz CT molecular complexity index is 980. The highest BCUT2D eigenvalue weighted by molar-refractivity contribution is 5.98. The lowest BCUT2D eigenvalue weighted by molar-refractivity contribution is 0.0947. The summed E-state index contributed by atoms with van der Waals surface area (Å²) in [5, 5.41) is 6.92. The van der Waals surface area contributed by atoms with E-state index < -0.39 is 0 Å². The van der Waals surface area contributed by atoms with Crippen LogP contribution in [0.3, 0.4) is 0 Å². The molecule has 3 N–H and O–H groups in total. The number of aromatic amines is 1. The number of benzene rings is 1. The van der Waals surface area contributed by atoms with Crippen molar-refractivity contribution < 1.29 is 9.59 Å². The van der Waals surface area contributed by atoms with Gasteiger partial charge in [0.15, 0.2) is 0 Å². The van der Waals surface area contributed by atoms with Gasteiger partial charge in [-0.25, -0.2) is 0 Å². The van der Waals surface area contributed by atoms with Gasteiger partial charge in [0.1, 0.15) is 5.69 Å². The van der Waals surface area contributed by atoms with Gasteiger partial charge in [-0.1, -0.05) is 18.2 Å². The quantitative estimate of drug-likeness (QED) is 0.486. The topological polar surface area (TPSA) is 90.1 Å². The van der Waals surface area contributed by atoms with Crippen molar-refractivity contribution in [1.29, 1.82) is 0 Å². The number of hydrogen-bond donors (Lipinski definition) is 3. The van der Waals surface area contributed by atoms with Gasteiger partial charge in [0.25, 0.3) is 11.8 Å². The molecule has 7 heteroatoms. The lowest BCUT2D eigenvalue weighted by Gasteiger charge is -2.10. The first-order valence-corrected chi connectivity index (χ1v) is 9.77. The second kappa shape index (κ2) is 9.84. The van der Waals surface area contributed by atoms with E-state index in [1.807, 2.05) is 38.5 Å². The molecular weight excluding hydrogens is 366 g/mol. The van der Waals surface area contributed by atoms with Crippen LogP contribution in [0, 0.1) is 0 Å². The van der Waals surface area contributed by atoms with Gasteiger partial charge in [-0.3, -0.25) is 14.6 Å². The molecule has 0 atom stereocenters. The monoisotopic (exact) mass is 393 g/mol. The molecule has 0 bridgehead atoms. The van der Waals surface area contributed by atoms with Crippen LogP contribution in [0.2, 0.25) is 0 Å². The Morgan fingerprint density at radius 1 is 1.07 bits per heavy atom. The fourth-order valence-corrected chi connectivity index (χ4v) is 3.13. The molecule has 0 saturated heterocycles. The first-order valence-electron chi connectivity index (χ1n) is 9.77. The molecule has 0 spiro atoms. The number of nitrogens with zero attached hydrogens (tertiary/aromatic N) is 2. The molecular formula is C22H27N5O2. The van der Waals surface area contributed by atoms with Gasteiger partial charge in [0.2, 0.25) is 0 Å². The Labute approximate surface area is 170 Å². The van der Waals surface area contributed by atoms with Crippen molar-refractivity contribution in [2.75, 3.05) is 33.7 Å². The molecule has 0 saturated carbocycles. The molecule has 29 heavy (non-hydrogen) atoms. The van der Waals surface area contributed by atoms with Crippen molar-refractivity contribution in [1.82, 2.24) is 25.5 Å². The van der Waals surface area contributed by atoms with E-state index in [0.29, 0.717) is 18.7 Å². The predicted molar refractivity (Wildman–Crippen MR) is 114 cm³/mol. The number of aromatic nitrogens is 2. The number of para-hydroxylation sites is 1. The Hall–Kier alpha value is -3.19. The molecule has 0 radical (unpaired) electrons. The van der Waals surface area contributed by atoms with Crippen molar-refractivity contribution in [3.05, 3.63) is 65.6 Å². The Balaban J connectivity index is 1.51. The summed E-state index contributed by atoms with van der Waals surface area (Å²) in [6, 6.07) is 11.2. The Morgan fingerprint density at radius 3 is 2.69 bits per heavy atom. The van der Waals surface area contributed by atoms with Crippen LogP contribution >= 0.6 is 0 Å². The van der Waals surface area contributed by atoms with Crippen LogP contribution in [0.4, 0.5) is 0 Å². The van der Waals surface area contributed by atoms with Crippen LogP contribution in [-0.4, -0.2) is 60.4 Å². The van der Waals surface area contributed by atoms with Crippen LogP contribution in [0.15, 0.2) is 48.8 Å². The fraction of sp³-hybridized carbons (Fsp3) is 0.318. The van der Waals surface area contributed by atoms with E-state index in [2.05, 4.69) is 31.6 Å². The Kier molecular flexibility index (Phi) is 6.97. The average molecular weight is 393 g/mol. The molecule has 3 rings (SSSR count). The first kappa shape index (κ1) is 20.5. The summed E-state index contributed by atoms with van der Waals surface area (Å²) in [7, 11) is 3.98. The summed E-state index contributed by atoms with van der Waals surface area (Å²) in [5.41, 5.74) is 2.93. The van der Waals surface area contributed by atoms with E-state index in [9.17, 15) is 9.59 Å². The minimum Gasteiger partial charge on any atom is -0.361 e. The number of pyridine rings is 1. The van der Waals surface area contributed by atoms with Gasteiger partial charge < -0.3 is 20.5 Å². The molecule has 152 valence electrons. The zero-order chi connectivity index (χ0) is 20.6. The van der Waals surface area contributed by atoms with Crippen LogP contribution in [0.25, 0.3) is 10.9 Å². The van der Waals surface area contributed by atoms with Gasteiger partial charge in [-0.2, -0.15) is 0 Å². The third-order valence-corrected chi connectivity index (χ3v) is 4.68. The van der Waals surface area contributed by atoms with E-state index in [4.69, 9.17) is 0 Å². The standard InChI is InChI=1S/C22H27N5O2/c1-27(2)13-5-10-24-22(29)20-14-16(8-11-23-20)21(28)25-12-9-17-15-26-19-7-4-3-6-18(17)19/h3-4,6-8,11,14-15,26H,5,9-10,12-13H2,1-2H3,(H,24,29)(H,25,28). The average Bonchev–Trinajstić information content (AvgIpc) is 3.14. The number of fused-ring (bicyclic) bond motifs is 1. The van der Waals surface area contributed by atoms with Crippen molar-refractivity contribution in [2.24, 2.45) is 0 Å². The second-order valence-corrected chi connectivity index (χ2v) is 7.21. The maximum Gasteiger partial charge on any atom is 0.269 e. The third kappa shape index (κ3) is 5.65. The smallest absolute Gasteiger partial charge is 0.269 e. The zero-order valence-electron chi connectivity index (χ0n) is 16.9. The van der Waals surface area contributed by atoms with Crippen LogP contribution < -0.4 is 10.6 Å². The van der Waals surface area contributed by atoms with Crippen molar-refractivity contribution >= 4 is 22.7 Å². The van der Waals surface area contributed by atoms with Gasteiger partial charge in [0.05, 0.1) is 0 Å². The molecule has 0 unspecified atom stereocenters. The predicted octanol–water partition coefficient (Wildman–Crippen LogP) is 2.22. The molecule has 2 heterocycles. The largest absolute Gasteiger partial charge is 0.361 e. The molecule has 7 nitrogen and oxygen atoms in total. The summed E-state index contributed by atoms with van der Waals surface area (Å²) in [5.74, 6) is -0.480. The van der Waals surface area contributed by atoms with E-state index >= 15 is 0 Å². The number of rotatable bonds is 9. The number of carbonyl (C=O) groups excluding carboxylic acids is 2. The van der Waals surface area contributed by atoms with E-state index in [0.717, 1.165) is 30.5 Å². The van der Waals surface area contributed by atoms with Crippen molar-refractivity contribution in [3.8, 4) is 0 Å². The van der Waals surface area contributed by atoms with Crippen LogP contribution in [0.5, 0.6) is 0 Å². The maximum absolute atomic E-state index is 12.5. The van der Waals surface area contributed by atoms with Gasteiger partial charge >= 0.3 is 0 Å². The number of amides is 2. The normalized spacial score (nSPS) is 11.0. The first-order chi connectivity index (χ1) is 14.0. The Morgan fingerprint density at radius 2 is 1.86 bits per heavy atom. The summed E-state index contributed by atoms with van der Waals surface area (Å²) >= 11 is 0. The summed E-state index contributed by atoms with van der Waals surface area (Å²) in [6.45, 7) is 1.97. The van der Waals surface area contributed by atoms with Gasteiger partial charge in [-0.15, -0.1) is 0 Å². The second-order valence-electron chi connectivity index (χ2n) is 7.21. The number of hydrogen-bond acceptors (Lipinski definition) is 4. The van der Waals surface area contributed by atoms with Crippen LogP contribution in [0.1, 0.15) is 32.8 Å². The molecule has 0 fully saturated rings. The number of H-pyrrole nitrogens is 1. The SMILES string of the molecule is CN(C)CCCNC(=O)c1cc(C(=O)NCCc2c[nH]c3ccccc23)ccn1. The van der Waals surface area contributed by atoms with E-state index in [1.54, 1.807) is 6.07 Å². The minimum absolute atomic E-state index is 0.214. The zero-order valence-corrected chi connectivity index (χ0v) is 16.9. The summed E-state index contributed by atoms with van der Waals surface area (Å²) in [4.78, 5) is 34.1. The maximum atomic E-state index is 12.5. The highest BCUT2D eigenvalue weighted by Crippen LogP contribution is 2.17. The van der Waals surface area contributed by atoms with E-state index in [1.165, 1.54) is 17.6 Å². The molecule has 2 amide bonds. The highest BCUT2D eigenvalue weighted by atomic mass is 16.2. The van der Waals surface area contributed by atoms with Gasteiger partial charge in [-0.05, 0) is 57.2 Å². The van der Waals surface area contributed by atoms with Crippen molar-refractivity contribution in [3.63, 3.8) is 0 Å². The van der Waals surface area contributed by atoms with Gasteiger partial charge in [0, 0.05) is 41.9 Å². The van der Waals surface area contributed by atoms with Crippen LogP contribution in [-0.2, 0) is 6.42 Å². The number of carbonyl (C=O) groups is 2. The molecule has 0 aliphatic heterocycles. The summed E-state index contributed by atoms with van der Waals surface area (Å²) < 4.78 is 0.